The highest BCUT2D eigenvalue weighted by atomic mass is 32.2. The summed E-state index contributed by atoms with van der Waals surface area (Å²) in [5.41, 5.74) is 3.53. The van der Waals surface area contributed by atoms with Gasteiger partial charge in [-0.2, -0.15) is 0 Å². The molecule has 0 aliphatic carbocycles. The summed E-state index contributed by atoms with van der Waals surface area (Å²) >= 11 is 0. The molecule has 0 spiro atoms. The summed E-state index contributed by atoms with van der Waals surface area (Å²) in [6.45, 7) is 3.88. The summed E-state index contributed by atoms with van der Waals surface area (Å²) in [5, 5.41) is 1.26. The average molecular weight is 434 g/mol. The summed E-state index contributed by atoms with van der Waals surface area (Å²) in [6.07, 6.45) is 0.351. The molecule has 5 nitrogen and oxygen atoms in total. The van der Waals surface area contributed by atoms with Crippen LogP contribution in [0.2, 0.25) is 0 Å². The maximum absolute atomic E-state index is 13.8. The van der Waals surface area contributed by atoms with Crippen LogP contribution in [0.5, 0.6) is 0 Å². The zero-order chi connectivity index (χ0) is 22.2. The maximum atomic E-state index is 13.8. The minimum absolute atomic E-state index is 0.0151. The highest BCUT2D eigenvalue weighted by Crippen LogP contribution is 2.32. The number of methoxy groups -OCH3 is 1. The van der Waals surface area contributed by atoms with Gasteiger partial charge in [0.05, 0.1) is 12.0 Å². The van der Waals surface area contributed by atoms with Crippen molar-refractivity contribution in [3.8, 4) is 0 Å². The Balaban J connectivity index is 2.06. The molecular formula is C25H23NO4S. The van der Waals surface area contributed by atoms with Crippen LogP contribution in [0.25, 0.3) is 10.8 Å². The van der Waals surface area contributed by atoms with Gasteiger partial charge in [0, 0.05) is 22.9 Å². The van der Waals surface area contributed by atoms with E-state index in [-0.39, 0.29) is 10.6 Å². The molecule has 4 aromatic rings. The lowest BCUT2D eigenvalue weighted by Crippen LogP contribution is -2.21. The monoisotopic (exact) mass is 433 g/mol. The Labute approximate surface area is 182 Å². The van der Waals surface area contributed by atoms with Crippen LogP contribution in [0, 0.1) is 13.8 Å². The number of aryl methyl sites for hydroxylation is 2. The zero-order valence-electron chi connectivity index (χ0n) is 17.6. The quantitative estimate of drug-likeness (QED) is 0.421. The van der Waals surface area contributed by atoms with E-state index in [0.29, 0.717) is 22.9 Å². The van der Waals surface area contributed by atoms with Gasteiger partial charge in [0.1, 0.15) is 5.69 Å². The predicted molar refractivity (Wildman–Crippen MR) is 121 cm³/mol. The number of carbonyl (C=O) groups excluding carboxylic acids is 1. The first kappa shape index (κ1) is 20.9. The van der Waals surface area contributed by atoms with Gasteiger partial charge in [-0.05, 0) is 31.5 Å². The molecule has 6 heteroatoms. The Morgan fingerprint density at radius 1 is 0.871 bits per heavy atom. The number of benzene rings is 3. The number of nitrogens with zero attached hydrogens (tertiary/aromatic N) is 1. The van der Waals surface area contributed by atoms with Crippen LogP contribution in [-0.4, -0.2) is 25.5 Å². The lowest BCUT2D eigenvalue weighted by atomic mass is 10.0. The fourth-order valence-electron chi connectivity index (χ4n) is 3.85. The molecule has 31 heavy (non-hydrogen) atoms. The molecule has 0 aliphatic rings. The molecule has 0 amide bonds. The summed E-state index contributed by atoms with van der Waals surface area (Å²) in [7, 11) is -2.79. The first-order valence-corrected chi connectivity index (χ1v) is 11.4. The van der Waals surface area contributed by atoms with Crippen LogP contribution in [0.3, 0.4) is 0 Å². The number of ether oxygens (including phenoxy) is 1. The van der Waals surface area contributed by atoms with Gasteiger partial charge in [0.25, 0.3) is 10.0 Å². The summed E-state index contributed by atoms with van der Waals surface area (Å²) in [4.78, 5) is 12.9. The topological polar surface area (TPSA) is 65.4 Å². The second-order valence-electron chi connectivity index (χ2n) is 7.58. The predicted octanol–water partition coefficient (Wildman–Crippen LogP) is 4.87. The summed E-state index contributed by atoms with van der Waals surface area (Å²) < 4.78 is 33.7. The molecule has 0 N–H and O–H groups in total. The number of rotatable bonds is 5. The minimum Gasteiger partial charge on any atom is -0.464 e. The van der Waals surface area contributed by atoms with Crippen LogP contribution in [-0.2, 0) is 21.2 Å². The SMILES string of the molecule is COC(=O)c1c2ccccc2c(Cc2cccc(C)c2)n1S(=O)(=O)c1ccc(C)cc1. The van der Waals surface area contributed by atoms with Crippen molar-refractivity contribution in [2.24, 2.45) is 0 Å². The van der Waals surface area contributed by atoms with Gasteiger partial charge in [0.2, 0.25) is 0 Å². The van der Waals surface area contributed by atoms with E-state index in [4.69, 9.17) is 4.74 Å². The van der Waals surface area contributed by atoms with Gasteiger partial charge in [-0.1, -0.05) is 71.8 Å². The van der Waals surface area contributed by atoms with Gasteiger partial charge >= 0.3 is 5.97 Å². The molecule has 158 valence electrons. The van der Waals surface area contributed by atoms with Crippen molar-refractivity contribution in [1.82, 2.24) is 3.97 Å². The summed E-state index contributed by atoms with van der Waals surface area (Å²) in [6, 6.07) is 21.7. The number of esters is 1. The molecule has 1 heterocycles. The highest BCUT2D eigenvalue weighted by Gasteiger charge is 2.31. The van der Waals surface area contributed by atoms with Crippen LogP contribution in [0.15, 0.2) is 77.7 Å². The van der Waals surface area contributed by atoms with Gasteiger partial charge in [-0.15, -0.1) is 0 Å². The second-order valence-corrected chi connectivity index (χ2v) is 9.37. The number of carbonyl (C=O) groups is 1. The fraction of sp³-hybridized carbons (Fsp3) is 0.160. The van der Waals surface area contributed by atoms with E-state index in [1.807, 2.05) is 50.2 Å². The minimum atomic E-state index is -4.05. The van der Waals surface area contributed by atoms with Crippen molar-refractivity contribution < 1.29 is 17.9 Å². The van der Waals surface area contributed by atoms with Gasteiger partial charge < -0.3 is 4.74 Å². The van der Waals surface area contributed by atoms with E-state index in [0.717, 1.165) is 20.7 Å². The first-order chi connectivity index (χ1) is 14.8. The van der Waals surface area contributed by atoms with E-state index in [2.05, 4.69) is 0 Å². The highest BCUT2D eigenvalue weighted by molar-refractivity contribution is 7.90. The second kappa shape index (κ2) is 8.04. The molecule has 1 aromatic heterocycles. The Kier molecular flexibility index (Phi) is 5.41. The Morgan fingerprint density at radius 3 is 2.19 bits per heavy atom. The molecule has 0 atom stereocenters. The lowest BCUT2D eigenvalue weighted by Gasteiger charge is -2.14. The third kappa shape index (κ3) is 3.75. The van der Waals surface area contributed by atoms with Crippen molar-refractivity contribution in [2.45, 2.75) is 25.2 Å². The standard InChI is InChI=1S/C25H23NO4S/c1-17-11-13-20(14-12-17)31(28,29)26-23(16-19-8-6-7-18(2)15-19)21-9-4-5-10-22(21)24(26)25(27)30-3/h4-15H,16H2,1-3H3. The number of fused-ring (bicyclic) bond motifs is 1. The molecule has 0 saturated carbocycles. The zero-order valence-corrected chi connectivity index (χ0v) is 18.4. The van der Waals surface area contributed by atoms with Crippen molar-refractivity contribution in [2.75, 3.05) is 7.11 Å². The van der Waals surface area contributed by atoms with E-state index in [9.17, 15) is 13.2 Å². The normalized spacial score (nSPS) is 11.6. The largest absolute Gasteiger partial charge is 0.464 e. The van der Waals surface area contributed by atoms with Crippen LogP contribution < -0.4 is 0 Å². The van der Waals surface area contributed by atoms with Gasteiger partial charge in [-0.25, -0.2) is 17.2 Å². The first-order valence-electron chi connectivity index (χ1n) is 9.91. The van der Waals surface area contributed by atoms with Gasteiger partial charge in [0.15, 0.2) is 0 Å². The molecule has 4 rings (SSSR count). The maximum Gasteiger partial charge on any atom is 0.356 e. The molecule has 0 unspecified atom stereocenters. The van der Waals surface area contributed by atoms with Crippen molar-refractivity contribution in [3.63, 3.8) is 0 Å². The van der Waals surface area contributed by atoms with Crippen LogP contribution in [0.4, 0.5) is 0 Å². The van der Waals surface area contributed by atoms with E-state index >= 15 is 0 Å². The fourth-order valence-corrected chi connectivity index (χ4v) is 5.41. The Morgan fingerprint density at radius 2 is 1.55 bits per heavy atom. The van der Waals surface area contributed by atoms with E-state index in [1.165, 1.54) is 7.11 Å². The molecule has 3 aromatic carbocycles. The average Bonchev–Trinajstić information content (AvgIpc) is 3.08. The third-order valence-corrected chi connectivity index (χ3v) is 7.08. The smallest absolute Gasteiger partial charge is 0.356 e. The van der Waals surface area contributed by atoms with Crippen LogP contribution in [0.1, 0.15) is 32.9 Å². The van der Waals surface area contributed by atoms with E-state index < -0.39 is 16.0 Å². The molecular weight excluding hydrogens is 410 g/mol. The van der Waals surface area contributed by atoms with Crippen molar-refractivity contribution in [3.05, 3.63) is 101 Å². The molecule has 0 saturated heterocycles. The van der Waals surface area contributed by atoms with E-state index in [1.54, 1.807) is 36.4 Å². The van der Waals surface area contributed by atoms with Crippen molar-refractivity contribution >= 4 is 26.8 Å². The molecule has 0 bridgehead atoms. The van der Waals surface area contributed by atoms with Crippen molar-refractivity contribution in [1.29, 1.82) is 0 Å². The number of aromatic nitrogens is 1. The van der Waals surface area contributed by atoms with Crippen LogP contribution >= 0.6 is 0 Å². The lowest BCUT2D eigenvalue weighted by molar-refractivity contribution is 0.0595. The third-order valence-electron chi connectivity index (χ3n) is 5.33. The Hall–Kier alpha value is -3.38. The number of hydrogen-bond donors (Lipinski definition) is 0. The van der Waals surface area contributed by atoms with Gasteiger partial charge in [-0.3, -0.25) is 0 Å². The molecule has 0 fully saturated rings. The number of hydrogen-bond acceptors (Lipinski definition) is 4. The Bertz CT molecular complexity index is 1380. The summed E-state index contributed by atoms with van der Waals surface area (Å²) in [5.74, 6) is -0.692. The molecule has 0 radical (unpaired) electrons. The molecule has 0 aliphatic heterocycles.